The summed E-state index contributed by atoms with van der Waals surface area (Å²) in [7, 11) is -3.43. The van der Waals surface area contributed by atoms with Gasteiger partial charge in [-0.15, -0.1) is 0 Å². The summed E-state index contributed by atoms with van der Waals surface area (Å²) in [4.78, 5) is 12.0. The largest absolute Gasteiger partial charge is 0.354 e. The molecule has 0 aliphatic rings. The highest BCUT2D eigenvalue weighted by atomic mass is 32.2. The van der Waals surface area contributed by atoms with Gasteiger partial charge in [-0.3, -0.25) is 9.10 Å². The van der Waals surface area contributed by atoms with Crippen LogP contribution in [0.15, 0.2) is 48.5 Å². The zero-order valence-electron chi connectivity index (χ0n) is 14.8. The number of hydrogen-bond donors (Lipinski definition) is 1. The first-order chi connectivity index (χ1) is 11.8. The predicted molar refractivity (Wildman–Crippen MR) is 101 cm³/mol. The molecule has 0 saturated carbocycles. The number of carbonyl (C=O) groups is 1. The minimum absolute atomic E-state index is 0.125. The number of benzene rings is 2. The van der Waals surface area contributed by atoms with E-state index in [0.29, 0.717) is 5.69 Å². The van der Waals surface area contributed by atoms with Crippen molar-refractivity contribution in [3.05, 3.63) is 65.2 Å². The molecule has 0 unspecified atom stereocenters. The lowest BCUT2D eigenvalue weighted by atomic mass is 10.1. The Kier molecular flexibility index (Phi) is 6.20. The van der Waals surface area contributed by atoms with E-state index in [4.69, 9.17) is 0 Å². The second-order valence-electron chi connectivity index (χ2n) is 6.19. The molecule has 0 aliphatic heterocycles. The van der Waals surface area contributed by atoms with Crippen LogP contribution in [0.1, 0.15) is 16.7 Å². The minimum Gasteiger partial charge on any atom is -0.354 e. The van der Waals surface area contributed by atoms with Crippen LogP contribution < -0.4 is 9.62 Å². The van der Waals surface area contributed by atoms with E-state index in [0.717, 1.165) is 16.7 Å². The van der Waals surface area contributed by atoms with Gasteiger partial charge in [0.1, 0.15) is 0 Å². The Balaban J connectivity index is 2.00. The Morgan fingerprint density at radius 3 is 2.20 bits per heavy atom. The molecule has 0 aliphatic carbocycles. The highest BCUT2D eigenvalue weighted by molar-refractivity contribution is 7.92. The van der Waals surface area contributed by atoms with Crippen LogP contribution in [0.5, 0.6) is 0 Å². The normalized spacial score (nSPS) is 11.2. The SMILES string of the molecule is Cc1cc(C)cc(N(CCNC(=O)Cc2ccccc2)S(C)(=O)=O)c1. The third kappa shape index (κ3) is 5.90. The van der Waals surface area contributed by atoms with E-state index in [9.17, 15) is 13.2 Å². The van der Waals surface area contributed by atoms with Crippen LogP contribution in [0.3, 0.4) is 0 Å². The lowest BCUT2D eigenvalue weighted by Gasteiger charge is -2.23. The molecule has 0 spiro atoms. The molecule has 0 radical (unpaired) electrons. The monoisotopic (exact) mass is 360 g/mol. The summed E-state index contributed by atoms with van der Waals surface area (Å²) in [5.74, 6) is -0.125. The van der Waals surface area contributed by atoms with Gasteiger partial charge in [0.15, 0.2) is 0 Å². The van der Waals surface area contributed by atoms with Gasteiger partial charge in [-0.2, -0.15) is 0 Å². The van der Waals surface area contributed by atoms with E-state index >= 15 is 0 Å². The highest BCUT2D eigenvalue weighted by Crippen LogP contribution is 2.20. The molecular weight excluding hydrogens is 336 g/mol. The summed E-state index contributed by atoms with van der Waals surface area (Å²) >= 11 is 0. The topological polar surface area (TPSA) is 66.5 Å². The molecule has 0 saturated heterocycles. The van der Waals surface area contributed by atoms with Crippen molar-refractivity contribution in [2.45, 2.75) is 20.3 Å². The van der Waals surface area contributed by atoms with Crippen molar-refractivity contribution < 1.29 is 13.2 Å². The molecular formula is C19H24N2O3S. The van der Waals surface area contributed by atoms with Crippen molar-refractivity contribution in [2.75, 3.05) is 23.7 Å². The molecule has 134 valence electrons. The van der Waals surface area contributed by atoms with Gasteiger partial charge >= 0.3 is 0 Å². The summed E-state index contributed by atoms with van der Waals surface area (Å²) in [6, 6.07) is 15.1. The second-order valence-corrected chi connectivity index (χ2v) is 8.10. The van der Waals surface area contributed by atoms with Crippen LogP contribution >= 0.6 is 0 Å². The molecule has 2 aromatic carbocycles. The number of aryl methyl sites for hydroxylation is 2. The number of amides is 1. The standard InChI is InChI=1S/C19H24N2O3S/c1-15-11-16(2)13-18(12-15)21(25(3,23)24)10-9-20-19(22)14-17-7-5-4-6-8-17/h4-8,11-13H,9-10,14H2,1-3H3,(H,20,22). The van der Waals surface area contributed by atoms with Gasteiger partial charge < -0.3 is 5.32 Å². The summed E-state index contributed by atoms with van der Waals surface area (Å²) in [5, 5.41) is 2.79. The van der Waals surface area contributed by atoms with E-state index < -0.39 is 10.0 Å². The molecule has 0 bridgehead atoms. The van der Waals surface area contributed by atoms with Crippen molar-refractivity contribution in [3.8, 4) is 0 Å². The molecule has 2 aromatic rings. The fourth-order valence-electron chi connectivity index (χ4n) is 2.72. The van der Waals surface area contributed by atoms with Crippen molar-refractivity contribution in [2.24, 2.45) is 0 Å². The Morgan fingerprint density at radius 2 is 1.64 bits per heavy atom. The van der Waals surface area contributed by atoms with E-state index in [1.54, 1.807) is 0 Å². The minimum atomic E-state index is -3.43. The van der Waals surface area contributed by atoms with Crippen molar-refractivity contribution >= 4 is 21.6 Å². The maximum Gasteiger partial charge on any atom is 0.232 e. The maximum atomic E-state index is 12.1. The van der Waals surface area contributed by atoms with E-state index in [1.165, 1.54) is 10.6 Å². The van der Waals surface area contributed by atoms with Gasteiger partial charge in [0.05, 0.1) is 24.9 Å². The van der Waals surface area contributed by atoms with Crippen LogP contribution in [-0.4, -0.2) is 33.7 Å². The third-order valence-corrected chi connectivity index (χ3v) is 4.93. The molecule has 0 atom stereocenters. The summed E-state index contributed by atoms with van der Waals surface area (Å²) in [6.07, 6.45) is 1.46. The Morgan fingerprint density at radius 1 is 1.04 bits per heavy atom. The lowest BCUT2D eigenvalue weighted by Crippen LogP contribution is -2.38. The number of nitrogens with one attached hydrogen (secondary N) is 1. The van der Waals surface area contributed by atoms with Crippen LogP contribution in [0.25, 0.3) is 0 Å². The fourth-order valence-corrected chi connectivity index (χ4v) is 3.63. The van der Waals surface area contributed by atoms with Gasteiger partial charge in [0.25, 0.3) is 0 Å². The molecule has 5 nitrogen and oxygen atoms in total. The lowest BCUT2D eigenvalue weighted by molar-refractivity contribution is -0.120. The smallest absolute Gasteiger partial charge is 0.232 e. The second kappa shape index (κ2) is 8.16. The predicted octanol–water partition coefficient (Wildman–Crippen LogP) is 2.43. The number of hydrogen-bond acceptors (Lipinski definition) is 3. The first-order valence-corrected chi connectivity index (χ1v) is 9.97. The third-order valence-electron chi connectivity index (χ3n) is 3.74. The average Bonchev–Trinajstić information content (AvgIpc) is 2.50. The van der Waals surface area contributed by atoms with Gasteiger partial charge in [0.2, 0.25) is 15.9 Å². The highest BCUT2D eigenvalue weighted by Gasteiger charge is 2.18. The summed E-state index contributed by atoms with van der Waals surface area (Å²) < 4.78 is 25.6. The number of rotatable bonds is 7. The molecule has 25 heavy (non-hydrogen) atoms. The summed E-state index contributed by atoms with van der Waals surface area (Å²) in [5.41, 5.74) is 3.54. The van der Waals surface area contributed by atoms with Crippen molar-refractivity contribution in [1.29, 1.82) is 0 Å². The molecule has 0 heterocycles. The molecule has 2 rings (SSSR count). The molecule has 0 fully saturated rings. The van der Waals surface area contributed by atoms with Crippen molar-refractivity contribution in [1.82, 2.24) is 5.32 Å². The zero-order chi connectivity index (χ0) is 18.4. The van der Waals surface area contributed by atoms with E-state index in [2.05, 4.69) is 5.32 Å². The molecule has 0 aromatic heterocycles. The van der Waals surface area contributed by atoms with E-state index in [-0.39, 0.29) is 25.4 Å². The van der Waals surface area contributed by atoms with Gasteiger partial charge in [0, 0.05) is 6.54 Å². The van der Waals surface area contributed by atoms with Crippen LogP contribution in [0.4, 0.5) is 5.69 Å². The van der Waals surface area contributed by atoms with Gasteiger partial charge in [-0.25, -0.2) is 8.42 Å². The van der Waals surface area contributed by atoms with Gasteiger partial charge in [-0.1, -0.05) is 36.4 Å². The quantitative estimate of drug-likeness (QED) is 0.825. The Labute approximate surface area is 149 Å². The van der Waals surface area contributed by atoms with Crippen LogP contribution in [0, 0.1) is 13.8 Å². The number of sulfonamides is 1. The van der Waals surface area contributed by atoms with Crippen LogP contribution in [0.2, 0.25) is 0 Å². The number of nitrogens with zero attached hydrogens (tertiary/aromatic N) is 1. The zero-order valence-corrected chi connectivity index (χ0v) is 15.6. The Hall–Kier alpha value is -2.34. The first-order valence-electron chi connectivity index (χ1n) is 8.12. The average molecular weight is 360 g/mol. The molecule has 6 heteroatoms. The van der Waals surface area contributed by atoms with Crippen LogP contribution in [-0.2, 0) is 21.2 Å². The molecule has 1 N–H and O–H groups in total. The van der Waals surface area contributed by atoms with Gasteiger partial charge in [-0.05, 0) is 42.7 Å². The fraction of sp³-hybridized carbons (Fsp3) is 0.316. The number of anilines is 1. The summed E-state index contributed by atoms with van der Waals surface area (Å²) in [6.45, 7) is 4.31. The van der Waals surface area contributed by atoms with Crippen molar-refractivity contribution in [3.63, 3.8) is 0 Å². The number of carbonyl (C=O) groups excluding carboxylic acids is 1. The first kappa shape index (κ1) is 19.0. The van der Waals surface area contributed by atoms with E-state index in [1.807, 2.05) is 62.4 Å². The molecule has 1 amide bonds. The Bertz CT molecular complexity index is 813. The maximum absolute atomic E-state index is 12.1.